The van der Waals surface area contributed by atoms with Gasteiger partial charge in [0.25, 0.3) is 10.8 Å². The number of aromatic nitrogens is 2. The number of nitrogens with zero attached hydrogens (tertiary/aromatic N) is 1. The summed E-state index contributed by atoms with van der Waals surface area (Å²) in [6, 6.07) is 1.90. The second-order valence-electron chi connectivity index (χ2n) is 4.59. The summed E-state index contributed by atoms with van der Waals surface area (Å²) in [6.45, 7) is 3.83. The van der Waals surface area contributed by atoms with Gasteiger partial charge in [0.2, 0.25) is 0 Å². The summed E-state index contributed by atoms with van der Waals surface area (Å²) in [5, 5.41) is 3.94. The lowest BCUT2D eigenvalue weighted by Gasteiger charge is -2.02. The van der Waals surface area contributed by atoms with Crippen molar-refractivity contribution in [3.05, 3.63) is 43.9 Å². The van der Waals surface area contributed by atoms with Gasteiger partial charge in [0.15, 0.2) is 0 Å². The van der Waals surface area contributed by atoms with Gasteiger partial charge >= 0.3 is 5.91 Å². The summed E-state index contributed by atoms with van der Waals surface area (Å²) in [4.78, 5) is 17.8. The number of pyridine rings is 1. The summed E-state index contributed by atoms with van der Waals surface area (Å²) >= 11 is 17.6. The lowest BCUT2D eigenvalue weighted by atomic mass is 10.3. The lowest BCUT2D eigenvalue weighted by Crippen LogP contribution is -2.28. The molecule has 0 saturated heterocycles. The summed E-state index contributed by atoms with van der Waals surface area (Å²) in [6.07, 6.45) is 1.52. The number of hydrogen-bond donors (Lipinski definition) is 3. The molecule has 2 aromatic heterocycles. The SMILES string of the molecule is Cc1cc(/C=N/NC(=O)c2[nH+]c(Cl)c(Cl)c(N)c2Cl)c(C)[nH]1. The largest absolute Gasteiger partial charge is 0.396 e. The van der Waals surface area contributed by atoms with Crippen LogP contribution in [0.15, 0.2) is 11.2 Å². The normalized spacial score (nSPS) is 11.1. The number of nitrogens with one attached hydrogen (secondary N) is 3. The minimum absolute atomic E-state index is 0.0178. The molecule has 5 N–H and O–H groups in total. The standard InChI is InChI=1S/C13H12Cl3N5O/c1-5-3-7(6(2)19-5)4-18-21-13(22)11-8(14)10(17)9(15)12(16)20-11/h3-4,19H,1-2H3,(H2,17,20)(H,21,22)/p+1/b18-4+. The van der Waals surface area contributed by atoms with Crippen molar-refractivity contribution in [2.45, 2.75) is 13.8 Å². The number of H-pyrrole nitrogens is 2. The Hall–Kier alpha value is -1.76. The summed E-state index contributed by atoms with van der Waals surface area (Å²) < 4.78 is 0. The van der Waals surface area contributed by atoms with Crippen molar-refractivity contribution in [2.24, 2.45) is 5.10 Å². The van der Waals surface area contributed by atoms with Crippen LogP contribution in [-0.2, 0) is 0 Å². The number of aryl methyl sites for hydroxylation is 2. The van der Waals surface area contributed by atoms with E-state index in [-0.39, 0.29) is 26.6 Å². The zero-order valence-electron chi connectivity index (χ0n) is 11.7. The van der Waals surface area contributed by atoms with Crippen LogP contribution >= 0.6 is 34.8 Å². The van der Waals surface area contributed by atoms with Crippen LogP contribution in [-0.4, -0.2) is 17.1 Å². The van der Waals surface area contributed by atoms with E-state index in [2.05, 4.69) is 20.5 Å². The highest BCUT2D eigenvalue weighted by molar-refractivity contribution is 6.45. The molecule has 0 atom stereocenters. The average molecular weight is 362 g/mol. The highest BCUT2D eigenvalue weighted by Gasteiger charge is 2.25. The Morgan fingerprint density at radius 1 is 1.36 bits per heavy atom. The fourth-order valence-corrected chi connectivity index (χ4v) is 2.44. The second kappa shape index (κ2) is 6.56. The fourth-order valence-electron chi connectivity index (χ4n) is 1.82. The Bertz CT molecular complexity index is 770. The van der Waals surface area contributed by atoms with Gasteiger partial charge < -0.3 is 10.7 Å². The van der Waals surface area contributed by atoms with E-state index in [1.165, 1.54) is 6.21 Å². The zero-order chi connectivity index (χ0) is 16.4. The maximum Gasteiger partial charge on any atom is 0.337 e. The first-order chi connectivity index (χ1) is 10.3. The van der Waals surface area contributed by atoms with Crippen molar-refractivity contribution in [1.29, 1.82) is 0 Å². The number of rotatable bonds is 3. The van der Waals surface area contributed by atoms with Gasteiger partial charge in [-0.2, -0.15) is 10.1 Å². The monoisotopic (exact) mass is 360 g/mol. The number of aromatic amines is 2. The number of anilines is 1. The first-order valence-corrected chi connectivity index (χ1v) is 7.29. The number of nitrogen functional groups attached to an aromatic ring is 1. The van der Waals surface area contributed by atoms with Crippen LogP contribution in [0.25, 0.3) is 0 Å². The first kappa shape index (κ1) is 16.6. The van der Waals surface area contributed by atoms with E-state index in [0.717, 1.165) is 17.0 Å². The molecule has 1 amide bonds. The Kier molecular flexibility index (Phi) is 4.95. The van der Waals surface area contributed by atoms with Gasteiger partial charge in [-0.15, -0.1) is 0 Å². The molecular formula is C13H13Cl3N5O+. The molecule has 116 valence electrons. The second-order valence-corrected chi connectivity index (χ2v) is 5.72. The molecule has 0 radical (unpaired) electrons. The maximum absolute atomic E-state index is 12.1. The molecular weight excluding hydrogens is 349 g/mol. The molecule has 0 aliphatic carbocycles. The Morgan fingerprint density at radius 3 is 2.64 bits per heavy atom. The average Bonchev–Trinajstić information content (AvgIpc) is 2.78. The minimum Gasteiger partial charge on any atom is -0.396 e. The minimum atomic E-state index is -0.587. The van der Waals surface area contributed by atoms with Crippen molar-refractivity contribution in [3.63, 3.8) is 0 Å². The van der Waals surface area contributed by atoms with E-state index in [9.17, 15) is 4.79 Å². The Balaban J connectivity index is 2.18. The smallest absolute Gasteiger partial charge is 0.337 e. The molecule has 0 spiro atoms. The van der Waals surface area contributed by atoms with E-state index in [4.69, 9.17) is 40.5 Å². The number of hydrogen-bond acceptors (Lipinski definition) is 3. The number of amides is 1. The highest BCUT2D eigenvalue weighted by Crippen LogP contribution is 2.31. The molecule has 0 fully saturated rings. The molecule has 2 aromatic rings. The van der Waals surface area contributed by atoms with Gasteiger partial charge in [0.05, 0.1) is 11.9 Å². The number of hydrazone groups is 1. The third-order valence-electron chi connectivity index (χ3n) is 2.91. The lowest BCUT2D eigenvalue weighted by molar-refractivity contribution is -0.379. The quantitative estimate of drug-likeness (QED) is 0.445. The number of nitrogens with two attached hydrogens (primary N) is 1. The number of carbonyl (C=O) groups excluding carboxylic acids is 1. The molecule has 0 saturated carbocycles. The topological polar surface area (TPSA) is 97.4 Å². The van der Waals surface area contributed by atoms with Gasteiger partial charge in [-0.05, 0) is 31.5 Å². The van der Waals surface area contributed by atoms with Gasteiger partial charge in [0.1, 0.15) is 10.0 Å². The van der Waals surface area contributed by atoms with Gasteiger partial charge in [-0.25, -0.2) is 5.43 Å². The molecule has 0 unspecified atom stereocenters. The molecule has 0 aliphatic rings. The van der Waals surface area contributed by atoms with Crippen molar-refractivity contribution >= 4 is 52.6 Å². The van der Waals surface area contributed by atoms with Crippen LogP contribution in [0.5, 0.6) is 0 Å². The van der Waals surface area contributed by atoms with Crippen LogP contribution in [0.1, 0.15) is 27.4 Å². The van der Waals surface area contributed by atoms with Crippen LogP contribution in [0.4, 0.5) is 5.69 Å². The van der Waals surface area contributed by atoms with Gasteiger partial charge in [-0.3, -0.25) is 4.79 Å². The van der Waals surface area contributed by atoms with Gasteiger partial charge in [0, 0.05) is 17.0 Å². The van der Waals surface area contributed by atoms with Crippen molar-refractivity contribution in [3.8, 4) is 0 Å². The number of carbonyl (C=O) groups is 1. The molecule has 2 rings (SSSR count). The zero-order valence-corrected chi connectivity index (χ0v) is 14.0. The van der Waals surface area contributed by atoms with Crippen LogP contribution in [0.2, 0.25) is 15.2 Å². The molecule has 0 aliphatic heterocycles. The fraction of sp³-hybridized carbons (Fsp3) is 0.154. The highest BCUT2D eigenvalue weighted by atomic mass is 35.5. The van der Waals surface area contributed by atoms with Crippen molar-refractivity contribution < 1.29 is 9.78 Å². The summed E-state index contributed by atoms with van der Waals surface area (Å²) in [7, 11) is 0. The van der Waals surface area contributed by atoms with E-state index < -0.39 is 5.91 Å². The maximum atomic E-state index is 12.1. The number of halogens is 3. The molecule has 0 bridgehead atoms. The van der Waals surface area contributed by atoms with E-state index in [0.29, 0.717) is 0 Å². The predicted octanol–water partition coefficient (Wildman–Crippen LogP) is 2.75. The van der Waals surface area contributed by atoms with Crippen LogP contribution in [0.3, 0.4) is 0 Å². The Morgan fingerprint density at radius 2 is 2.05 bits per heavy atom. The molecule has 0 aromatic carbocycles. The summed E-state index contributed by atoms with van der Waals surface area (Å²) in [5.74, 6) is -0.587. The molecule has 2 heterocycles. The third-order valence-corrected chi connectivity index (χ3v) is 4.07. The van der Waals surface area contributed by atoms with Crippen LogP contribution in [0, 0.1) is 13.8 Å². The third kappa shape index (κ3) is 3.35. The molecule has 6 nitrogen and oxygen atoms in total. The van der Waals surface area contributed by atoms with Crippen molar-refractivity contribution in [2.75, 3.05) is 5.73 Å². The van der Waals surface area contributed by atoms with Crippen molar-refractivity contribution in [1.82, 2.24) is 10.4 Å². The van der Waals surface area contributed by atoms with E-state index in [1.807, 2.05) is 19.9 Å². The van der Waals surface area contributed by atoms with E-state index >= 15 is 0 Å². The summed E-state index contributed by atoms with van der Waals surface area (Å²) in [5.41, 5.74) is 10.8. The van der Waals surface area contributed by atoms with Crippen LogP contribution < -0.4 is 16.1 Å². The molecule has 22 heavy (non-hydrogen) atoms. The molecule has 9 heteroatoms. The predicted molar refractivity (Wildman–Crippen MR) is 87.8 cm³/mol. The van der Waals surface area contributed by atoms with Gasteiger partial charge in [-0.1, -0.05) is 23.2 Å². The Labute approximate surface area is 141 Å². The first-order valence-electron chi connectivity index (χ1n) is 6.16. The van der Waals surface area contributed by atoms with E-state index in [1.54, 1.807) is 0 Å².